The summed E-state index contributed by atoms with van der Waals surface area (Å²) in [7, 11) is -3.90. The van der Waals surface area contributed by atoms with Crippen molar-refractivity contribution in [3.05, 3.63) is 41.6 Å². The number of allylic oxidation sites excluding steroid dienone is 2. The van der Waals surface area contributed by atoms with Crippen molar-refractivity contribution in [3.63, 3.8) is 0 Å². The lowest BCUT2D eigenvalue weighted by Crippen LogP contribution is -2.47. The van der Waals surface area contributed by atoms with Gasteiger partial charge in [0.25, 0.3) is 0 Å². The summed E-state index contributed by atoms with van der Waals surface area (Å²) in [6, 6.07) is -0.606. The minimum absolute atomic E-state index is 0.0541. The van der Waals surface area contributed by atoms with Gasteiger partial charge in [0.15, 0.2) is 0 Å². The Kier molecular flexibility index (Phi) is 6.81. The van der Waals surface area contributed by atoms with Gasteiger partial charge in [-0.05, 0) is 31.4 Å². The zero-order valence-electron chi connectivity index (χ0n) is 16.5. The lowest BCUT2D eigenvalue weighted by Gasteiger charge is -2.27. The van der Waals surface area contributed by atoms with Crippen LogP contribution < -0.4 is 16.5 Å². The molecule has 0 bridgehead atoms. The Morgan fingerprint density at radius 2 is 2.27 bits per heavy atom. The highest BCUT2D eigenvalue weighted by atomic mass is 32.2. The molecule has 0 aromatic rings. The fourth-order valence-electron chi connectivity index (χ4n) is 3.33. The Hall–Kier alpha value is -2.41. The number of nitrogens with zero attached hydrogens (tertiary/aromatic N) is 2. The molecule has 3 aliphatic rings. The van der Waals surface area contributed by atoms with E-state index >= 15 is 0 Å². The Labute approximate surface area is 175 Å². The molecule has 0 aliphatic carbocycles. The Bertz CT molecular complexity index is 883. The van der Waals surface area contributed by atoms with E-state index in [2.05, 4.69) is 10.8 Å². The second-order valence-corrected chi connectivity index (χ2v) is 9.27. The molecule has 0 spiro atoms. The van der Waals surface area contributed by atoms with Gasteiger partial charge in [-0.25, -0.2) is 19.0 Å². The third-order valence-corrected chi connectivity index (χ3v) is 7.08. The molecule has 1 saturated heterocycles. The molecule has 0 aromatic carbocycles. The van der Waals surface area contributed by atoms with Crippen LogP contribution in [0, 0.1) is 12.3 Å². The van der Waals surface area contributed by atoms with Gasteiger partial charge in [0.1, 0.15) is 10.6 Å². The standard InChI is InChI=1S/C18H26N5O6S/c1-12(18(19)26)6-7-17(25)21-13-4-2-8-22(11-15(13)24)30(27,28)16-5-3-9-23-14(16)10-20-29-23/h3,5,7,9-10,12-13,15,20,24H,2,4,6,8,11H2,1H3,(H2,19,26)(H,21,25)/t12?,13?,15-/m0/s1. The normalized spacial score (nSPS) is 25.5. The molecule has 30 heavy (non-hydrogen) atoms. The second kappa shape index (κ2) is 9.16. The van der Waals surface area contributed by atoms with Crippen molar-refractivity contribution < 1.29 is 28.1 Å². The maximum absolute atomic E-state index is 13.2. The van der Waals surface area contributed by atoms with Crippen LogP contribution >= 0.6 is 0 Å². The number of nitrogens with one attached hydrogen (secondary N) is 2. The summed E-state index contributed by atoms with van der Waals surface area (Å²) in [5.41, 5.74) is 8.03. The molecule has 165 valence electrons. The van der Waals surface area contributed by atoms with Crippen LogP contribution in [0.4, 0.5) is 0 Å². The van der Waals surface area contributed by atoms with Crippen LogP contribution in [0.5, 0.6) is 0 Å². The monoisotopic (exact) mass is 440 g/mol. The van der Waals surface area contributed by atoms with Crippen molar-refractivity contribution in [2.45, 2.75) is 38.3 Å². The molecule has 3 heterocycles. The Morgan fingerprint density at radius 1 is 1.50 bits per heavy atom. The van der Waals surface area contributed by atoms with E-state index in [1.54, 1.807) is 19.2 Å². The molecular weight excluding hydrogens is 414 g/mol. The summed E-state index contributed by atoms with van der Waals surface area (Å²) < 4.78 is 27.6. The number of aliphatic hydroxyl groups is 1. The smallest absolute Gasteiger partial charge is 0.245 e. The molecule has 2 amide bonds. The molecule has 11 nitrogen and oxygen atoms in total. The zero-order chi connectivity index (χ0) is 21.9. The van der Waals surface area contributed by atoms with Crippen molar-refractivity contribution in [1.82, 2.24) is 20.2 Å². The highest BCUT2D eigenvalue weighted by Gasteiger charge is 2.38. The van der Waals surface area contributed by atoms with Gasteiger partial charge in [-0.2, -0.15) is 9.24 Å². The van der Waals surface area contributed by atoms with E-state index in [0.29, 0.717) is 18.5 Å². The van der Waals surface area contributed by atoms with Crippen LogP contribution in [0.25, 0.3) is 0 Å². The summed E-state index contributed by atoms with van der Waals surface area (Å²) in [6.07, 6.45) is 7.32. The van der Waals surface area contributed by atoms with Crippen molar-refractivity contribution in [3.8, 4) is 0 Å². The fourth-order valence-corrected chi connectivity index (χ4v) is 4.99. The summed E-state index contributed by atoms with van der Waals surface area (Å²) in [6.45, 7) is 1.66. The van der Waals surface area contributed by atoms with Gasteiger partial charge in [-0.1, -0.05) is 6.92 Å². The highest BCUT2D eigenvalue weighted by Crippen LogP contribution is 2.30. The fraction of sp³-hybridized carbons (Fsp3) is 0.500. The first-order valence-electron chi connectivity index (χ1n) is 9.62. The summed E-state index contributed by atoms with van der Waals surface area (Å²) in [4.78, 5) is 28.3. The van der Waals surface area contributed by atoms with Crippen LogP contribution in [-0.4, -0.2) is 59.9 Å². The minimum atomic E-state index is -3.90. The van der Waals surface area contributed by atoms with Crippen LogP contribution in [0.15, 0.2) is 35.2 Å². The lowest BCUT2D eigenvalue weighted by molar-refractivity contribution is -0.121. The van der Waals surface area contributed by atoms with E-state index < -0.39 is 39.9 Å². The van der Waals surface area contributed by atoms with Crippen LogP contribution in [0.2, 0.25) is 0 Å². The molecule has 3 atom stereocenters. The molecule has 12 heteroatoms. The number of hydrogen-bond acceptors (Lipinski definition) is 8. The first-order chi connectivity index (χ1) is 14.2. The molecule has 3 rings (SSSR count). The number of fused-ring (bicyclic) bond motifs is 1. The Balaban J connectivity index is 1.63. The summed E-state index contributed by atoms with van der Waals surface area (Å²) in [5.74, 6) is -1.41. The van der Waals surface area contributed by atoms with E-state index in [0.717, 1.165) is 0 Å². The third kappa shape index (κ3) is 4.83. The number of primary amides is 1. The Morgan fingerprint density at radius 3 is 3.00 bits per heavy atom. The number of carbonyl (C=O) groups is 2. The maximum Gasteiger partial charge on any atom is 0.245 e. The summed E-state index contributed by atoms with van der Waals surface area (Å²) in [5, 5.41) is 14.6. The largest absolute Gasteiger partial charge is 0.390 e. The minimum Gasteiger partial charge on any atom is -0.390 e. The van der Waals surface area contributed by atoms with Gasteiger partial charge in [0.05, 0.1) is 24.8 Å². The van der Waals surface area contributed by atoms with Crippen molar-refractivity contribution in [1.29, 1.82) is 0 Å². The van der Waals surface area contributed by atoms with Gasteiger partial charge in [-0.3, -0.25) is 9.59 Å². The van der Waals surface area contributed by atoms with E-state index in [9.17, 15) is 23.1 Å². The second-order valence-electron chi connectivity index (χ2n) is 7.37. The van der Waals surface area contributed by atoms with E-state index in [4.69, 9.17) is 10.7 Å². The molecule has 0 saturated carbocycles. The quantitative estimate of drug-likeness (QED) is 0.392. The molecule has 5 N–H and O–H groups in total. The maximum atomic E-state index is 13.2. The lowest BCUT2D eigenvalue weighted by atomic mass is 10.0. The van der Waals surface area contributed by atoms with Gasteiger partial charge in [0, 0.05) is 25.2 Å². The SMILES string of the molecule is CC(C[CH]C(=O)NC1CCCN(S(=O)(=O)C2=CC=CN3ONC=C23)C[C@@H]1O)C(N)=O. The predicted octanol–water partition coefficient (Wildman–Crippen LogP) is -1.02. The predicted molar refractivity (Wildman–Crippen MR) is 106 cm³/mol. The van der Waals surface area contributed by atoms with Crippen LogP contribution in [0.1, 0.15) is 26.2 Å². The van der Waals surface area contributed by atoms with Crippen LogP contribution in [0.3, 0.4) is 0 Å². The number of nitrogens with two attached hydrogens (primary N) is 1. The highest BCUT2D eigenvalue weighted by molar-refractivity contribution is 7.93. The van der Waals surface area contributed by atoms with Gasteiger partial charge in [-0.15, -0.1) is 0 Å². The molecule has 0 aromatic heterocycles. The summed E-state index contributed by atoms with van der Waals surface area (Å²) >= 11 is 0. The van der Waals surface area contributed by atoms with Gasteiger partial charge >= 0.3 is 0 Å². The van der Waals surface area contributed by atoms with E-state index in [1.807, 2.05) is 0 Å². The van der Waals surface area contributed by atoms with Crippen molar-refractivity contribution in [2.75, 3.05) is 13.1 Å². The number of hydroxylamine groups is 3. The number of β-amino-alcohol motifs (C(OH)–C–C–N with tert-alkyl or cyclic N) is 1. The van der Waals surface area contributed by atoms with Gasteiger partial charge in [0.2, 0.25) is 21.8 Å². The number of hydrogen-bond donors (Lipinski definition) is 4. The zero-order valence-corrected chi connectivity index (χ0v) is 17.3. The average Bonchev–Trinajstić information content (AvgIpc) is 3.10. The number of aliphatic hydroxyl groups excluding tert-OH is 1. The van der Waals surface area contributed by atoms with Gasteiger partial charge < -0.3 is 16.2 Å². The van der Waals surface area contributed by atoms with Crippen molar-refractivity contribution >= 4 is 21.8 Å². The molecule has 3 aliphatic heterocycles. The first-order valence-corrected chi connectivity index (χ1v) is 11.1. The molecular formula is C18H26N5O6S. The molecule has 1 fully saturated rings. The van der Waals surface area contributed by atoms with Crippen molar-refractivity contribution in [2.24, 2.45) is 11.7 Å². The topological polar surface area (TPSA) is 154 Å². The van der Waals surface area contributed by atoms with E-state index in [-0.39, 0.29) is 24.4 Å². The average molecular weight is 441 g/mol. The molecule has 2 unspecified atom stereocenters. The third-order valence-electron chi connectivity index (χ3n) is 5.17. The van der Waals surface area contributed by atoms with Crippen LogP contribution in [-0.2, 0) is 24.6 Å². The number of sulfonamides is 1. The first kappa shape index (κ1) is 22.3. The molecule has 1 radical (unpaired) electrons. The van der Waals surface area contributed by atoms with E-state index in [1.165, 1.54) is 28.1 Å². The number of rotatable bonds is 7. The number of carbonyl (C=O) groups excluding carboxylic acids is 2. The number of amides is 2.